The molecule has 0 bridgehead atoms. The highest BCUT2D eigenvalue weighted by Crippen LogP contribution is 2.33. The van der Waals surface area contributed by atoms with E-state index < -0.39 is 0 Å². The summed E-state index contributed by atoms with van der Waals surface area (Å²) in [6, 6.07) is 7.03. The SMILES string of the molecule is CC1CCCC(CCl)(NCc2ccc3c(c2)CCC3)C1. The molecule has 1 aromatic rings. The lowest BCUT2D eigenvalue weighted by atomic mass is 9.77. The Morgan fingerprint density at radius 3 is 2.90 bits per heavy atom. The first-order chi connectivity index (χ1) is 9.71. The Kier molecular flexibility index (Phi) is 4.37. The maximum atomic E-state index is 6.30. The molecule has 2 atom stereocenters. The molecule has 110 valence electrons. The fourth-order valence-electron chi connectivity index (χ4n) is 4.01. The van der Waals surface area contributed by atoms with Crippen LogP contribution in [0.5, 0.6) is 0 Å². The lowest BCUT2D eigenvalue weighted by Gasteiger charge is -2.39. The van der Waals surface area contributed by atoms with E-state index >= 15 is 0 Å². The number of fused-ring (bicyclic) bond motifs is 1. The zero-order chi connectivity index (χ0) is 14.0. The van der Waals surface area contributed by atoms with Gasteiger partial charge < -0.3 is 5.32 Å². The van der Waals surface area contributed by atoms with Crippen LogP contribution in [0.15, 0.2) is 18.2 Å². The van der Waals surface area contributed by atoms with Crippen molar-refractivity contribution < 1.29 is 0 Å². The van der Waals surface area contributed by atoms with Crippen molar-refractivity contribution in [1.82, 2.24) is 5.32 Å². The first-order valence-corrected chi connectivity index (χ1v) is 8.66. The van der Waals surface area contributed by atoms with Crippen LogP contribution in [0, 0.1) is 5.92 Å². The van der Waals surface area contributed by atoms with Crippen molar-refractivity contribution in [3.8, 4) is 0 Å². The van der Waals surface area contributed by atoms with Gasteiger partial charge in [-0.25, -0.2) is 0 Å². The lowest BCUT2D eigenvalue weighted by molar-refractivity contribution is 0.207. The summed E-state index contributed by atoms with van der Waals surface area (Å²) in [6.07, 6.45) is 8.99. The number of nitrogens with one attached hydrogen (secondary N) is 1. The van der Waals surface area contributed by atoms with Crippen LogP contribution in [-0.2, 0) is 19.4 Å². The summed E-state index contributed by atoms with van der Waals surface area (Å²) in [5.41, 5.74) is 4.72. The van der Waals surface area contributed by atoms with Crippen molar-refractivity contribution >= 4 is 11.6 Å². The largest absolute Gasteiger partial charge is 0.306 e. The van der Waals surface area contributed by atoms with Gasteiger partial charge in [-0.05, 0) is 54.7 Å². The maximum Gasteiger partial charge on any atom is 0.0406 e. The molecule has 2 aliphatic rings. The summed E-state index contributed by atoms with van der Waals surface area (Å²) in [5, 5.41) is 3.79. The smallest absolute Gasteiger partial charge is 0.0406 e. The first kappa shape index (κ1) is 14.4. The second-order valence-electron chi connectivity index (χ2n) is 6.93. The molecule has 1 saturated carbocycles. The second-order valence-corrected chi connectivity index (χ2v) is 7.19. The molecular formula is C18H26ClN. The molecule has 1 aromatic carbocycles. The highest BCUT2D eigenvalue weighted by Gasteiger charge is 2.33. The van der Waals surface area contributed by atoms with Gasteiger partial charge >= 0.3 is 0 Å². The summed E-state index contributed by atoms with van der Waals surface area (Å²) < 4.78 is 0. The van der Waals surface area contributed by atoms with Crippen LogP contribution >= 0.6 is 11.6 Å². The van der Waals surface area contributed by atoms with E-state index in [1.54, 1.807) is 11.1 Å². The van der Waals surface area contributed by atoms with Gasteiger partial charge in [0.1, 0.15) is 0 Å². The minimum atomic E-state index is 0.165. The van der Waals surface area contributed by atoms with Crippen molar-refractivity contribution in [2.75, 3.05) is 5.88 Å². The summed E-state index contributed by atoms with van der Waals surface area (Å²) in [6.45, 7) is 3.32. The Labute approximate surface area is 128 Å². The van der Waals surface area contributed by atoms with Crippen LogP contribution in [0.2, 0.25) is 0 Å². The van der Waals surface area contributed by atoms with E-state index in [1.165, 1.54) is 50.5 Å². The highest BCUT2D eigenvalue weighted by atomic mass is 35.5. The molecule has 2 unspecified atom stereocenters. The van der Waals surface area contributed by atoms with Gasteiger partial charge in [0.25, 0.3) is 0 Å². The number of aryl methyl sites for hydroxylation is 2. The van der Waals surface area contributed by atoms with Crippen LogP contribution in [-0.4, -0.2) is 11.4 Å². The fraction of sp³-hybridized carbons (Fsp3) is 0.667. The third kappa shape index (κ3) is 3.04. The molecule has 0 spiro atoms. The van der Waals surface area contributed by atoms with Gasteiger partial charge in [-0.2, -0.15) is 0 Å². The van der Waals surface area contributed by atoms with Crippen LogP contribution in [0.4, 0.5) is 0 Å². The average Bonchev–Trinajstić information content (AvgIpc) is 2.93. The number of benzene rings is 1. The quantitative estimate of drug-likeness (QED) is 0.808. The number of alkyl halides is 1. The Morgan fingerprint density at radius 2 is 2.10 bits per heavy atom. The van der Waals surface area contributed by atoms with Crippen LogP contribution in [0.3, 0.4) is 0 Å². The molecule has 0 aliphatic heterocycles. The van der Waals surface area contributed by atoms with E-state index in [0.29, 0.717) is 0 Å². The molecular weight excluding hydrogens is 266 g/mol. The molecule has 1 fully saturated rings. The zero-order valence-electron chi connectivity index (χ0n) is 12.6. The number of hydrogen-bond donors (Lipinski definition) is 1. The molecule has 0 heterocycles. The van der Waals surface area contributed by atoms with Gasteiger partial charge in [-0.15, -0.1) is 11.6 Å². The van der Waals surface area contributed by atoms with E-state index in [-0.39, 0.29) is 5.54 Å². The minimum absolute atomic E-state index is 0.165. The monoisotopic (exact) mass is 291 g/mol. The molecule has 1 nitrogen and oxygen atoms in total. The predicted molar refractivity (Wildman–Crippen MR) is 86.4 cm³/mol. The van der Waals surface area contributed by atoms with Gasteiger partial charge in [0.05, 0.1) is 0 Å². The molecule has 2 heteroatoms. The minimum Gasteiger partial charge on any atom is -0.306 e. The predicted octanol–water partition coefficient (Wildman–Crippen LogP) is 4.45. The van der Waals surface area contributed by atoms with E-state index in [0.717, 1.165) is 18.3 Å². The number of hydrogen-bond acceptors (Lipinski definition) is 1. The van der Waals surface area contributed by atoms with Crippen molar-refractivity contribution in [1.29, 1.82) is 0 Å². The van der Waals surface area contributed by atoms with E-state index in [1.807, 2.05) is 0 Å². The third-order valence-corrected chi connectivity index (χ3v) is 5.69. The average molecular weight is 292 g/mol. The summed E-state index contributed by atoms with van der Waals surface area (Å²) in [7, 11) is 0. The van der Waals surface area contributed by atoms with Crippen molar-refractivity contribution in [2.45, 2.75) is 64.0 Å². The van der Waals surface area contributed by atoms with Gasteiger partial charge in [0, 0.05) is 18.0 Å². The van der Waals surface area contributed by atoms with Gasteiger partial charge in [0.15, 0.2) is 0 Å². The summed E-state index contributed by atoms with van der Waals surface area (Å²) >= 11 is 6.30. The Morgan fingerprint density at radius 1 is 1.25 bits per heavy atom. The van der Waals surface area contributed by atoms with Gasteiger partial charge in [-0.1, -0.05) is 38.0 Å². The van der Waals surface area contributed by atoms with Crippen LogP contribution in [0.25, 0.3) is 0 Å². The van der Waals surface area contributed by atoms with Crippen molar-refractivity contribution in [3.63, 3.8) is 0 Å². The molecule has 2 aliphatic carbocycles. The third-order valence-electron chi connectivity index (χ3n) is 5.18. The summed E-state index contributed by atoms with van der Waals surface area (Å²) in [4.78, 5) is 0. The zero-order valence-corrected chi connectivity index (χ0v) is 13.3. The first-order valence-electron chi connectivity index (χ1n) is 8.12. The standard InChI is InChI=1S/C18H26ClN/c1-14-4-3-9-18(11-14,13-19)20-12-15-7-8-16-5-2-6-17(16)10-15/h7-8,10,14,20H,2-6,9,11-13H2,1H3. The molecule has 1 N–H and O–H groups in total. The summed E-state index contributed by atoms with van der Waals surface area (Å²) in [5.74, 6) is 1.54. The van der Waals surface area contributed by atoms with Crippen molar-refractivity contribution in [3.05, 3.63) is 34.9 Å². The Balaban J connectivity index is 1.65. The van der Waals surface area contributed by atoms with Crippen molar-refractivity contribution in [2.24, 2.45) is 5.92 Å². The highest BCUT2D eigenvalue weighted by molar-refractivity contribution is 6.18. The molecule has 0 radical (unpaired) electrons. The lowest BCUT2D eigenvalue weighted by Crippen LogP contribution is -2.49. The normalized spacial score (nSPS) is 29.4. The van der Waals surface area contributed by atoms with Crippen LogP contribution in [0.1, 0.15) is 55.7 Å². The van der Waals surface area contributed by atoms with Gasteiger partial charge in [0.2, 0.25) is 0 Å². The number of rotatable bonds is 4. The molecule has 0 amide bonds. The Bertz CT molecular complexity index is 470. The van der Waals surface area contributed by atoms with E-state index in [2.05, 4.69) is 30.4 Å². The van der Waals surface area contributed by atoms with Gasteiger partial charge in [-0.3, -0.25) is 0 Å². The molecule has 0 saturated heterocycles. The fourth-order valence-corrected chi connectivity index (χ4v) is 4.35. The molecule has 20 heavy (non-hydrogen) atoms. The van der Waals surface area contributed by atoms with E-state index in [9.17, 15) is 0 Å². The second kappa shape index (κ2) is 6.07. The Hall–Kier alpha value is -0.530. The van der Waals surface area contributed by atoms with E-state index in [4.69, 9.17) is 11.6 Å². The topological polar surface area (TPSA) is 12.0 Å². The van der Waals surface area contributed by atoms with Crippen LogP contribution < -0.4 is 5.32 Å². The molecule has 3 rings (SSSR count). The number of halogens is 1. The molecule has 0 aromatic heterocycles. The maximum absolute atomic E-state index is 6.30.